The fraction of sp³-hybridized carbons (Fsp3) is 0.500. The Morgan fingerprint density at radius 2 is 1.79 bits per heavy atom. The van der Waals surface area contributed by atoms with E-state index in [1.807, 2.05) is 30.3 Å². The van der Waals surface area contributed by atoms with E-state index in [1.165, 1.54) is 0 Å². The Labute approximate surface area is 85.2 Å². The Hall–Kier alpha value is -0.860. The smallest absolute Gasteiger partial charge is 0.0968 e. The number of aliphatic hydroxyl groups is 1. The van der Waals surface area contributed by atoms with Gasteiger partial charge in [-0.1, -0.05) is 30.3 Å². The highest BCUT2D eigenvalue weighted by Crippen LogP contribution is 2.34. The normalized spacial score (nSPS) is 19.4. The molecule has 0 bridgehead atoms. The zero-order valence-electron chi connectivity index (χ0n) is 8.77. The zero-order valence-corrected chi connectivity index (χ0v) is 8.77. The number of hydrogen-bond acceptors (Lipinski definition) is 2. The predicted octanol–water partition coefficient (Wildman–Crippen LogP) is 1.81. The molecule has 1 N–H and O–H groups in total. The first kappa shape index (κ1) is 9.69. The molecule has 76 valence electrons. The van der Waals surface area contributed by atoms with Gasteiger partial charge in [0.25, 0.3) is 0 Å². The van der Waals surface area contributed by atoms with Crippen LogP contribution < -0.4 is 0 Å². The average molecular weight is 191 g/mol. The molecule has 1 aliphatic heterocycles. The Morgan fingerprint density at radius 3 is 2.29 bits per heavy atom. The van der Waals surface area contributed by atoms with Crippen LogP contribution in [0.25, 0.3) is 0 Å². The van der Waals surface area contributed by atoms with Gasteiger partial charge in [-0.3, -0.25) is 4.90 Å². The first-order valence-corrected chi connectivity index (χ1v) is 5.10. The van der Waals surface area contributed by atoms with Crippen LogP contribution in [0.2, 0.25) is 0 Å². The number of aliphatic hydroxyl groups excluding tert-OH is 1. The lowest BCUT2D eigenvalue weighted by atomic mass is 9.91. The molecular weight excluding hydrogens is 174 g/mol. The number of benzene rings is 1. The molecule has 0 aromatic heterocycles. The summed E-state index contributed by atoms with van der Waals surface area (Å²) in [5.41, 5.74) is 0.867. The number of nitrogens with zero attached hydrogens (tertiary/aromatic N) is 1. The minimum atomic E-state index is -0.397. The van der Waals surface area contributed by atoms with Crippen LogP contribution in [-0.4, -0.2) is 28.6 Å². The van der Waals surface area contributed by atoms with E-state index in [2.05, 4.69) is 18.7 Å². The summed E-state index contributed by atoms with van der Waals surface area (Å²) in [4.78, 5) is 2.28. The molecule has 1 aromatic carbocycles. The Balaban J connectivity index is 2.18. The van der Waals surface area contributed by atoms with Crippen LogP contribution >= 0.6 is 0 Å². The van der Waals surface area contributed by atoms with E-state index in [0.717, 1.165) is 18.7 Å². The second kappa shape index (κ2) is 3.37. The first-order valence-electron chi connectivity index (χ1n) is 5.10. The molecule has 1 aromatic rings. The van der Waals surface area contributed by atoms with Crippen LogP contribution in [0.15, 0.2) is 30.3 Å². The quantitative estimate of drug-likeness (QED) is 0.736. The molecular formula is C12H17NO. The van der Waals surface area contributed by atoms with Crippen molar-refractivity contribution in [2.24, 2.45) is 0 Å². The van der Waals surface area contributed by atoms with Gasteiger partial charge >= 0.3 is 0 Å². The molecule has 14 heavy (non-hydrogen) atoms. The first-order chi connectivity index (χ1) is 6.62. The highest BCUT2D eigenvalue weighted by atomic mass is 16.3. The molecule has 1 saturated heterocycles. The van der Waals surface area contributed by atoms with Gasteiger partial charge < -0.3 is 5.11 Å². The summed E-state index contributed by atoms with van der Waals surface area (Å²) in [5.74, 6) is 0. The molecule has 0 amide bonds. The van der Waals surface area contributed by atoms with Gasteiger partial charge in [0.2, 0.25) is 0 Å². The highest BCUT2D eigenvalue weighted by Gasteiger charge is 2.40. The van der Waals surface area contributed by atoms with Crippen LogP contribution in [0.1, 0.15) is 25.5 Å². The van der Waals surface area contributed by atoms with Gasteiger partial charge in [0.15, 0.2) is 0 Å². The van der Waals surface area contributed by atoms with Crippen molar-refractivity contribution in [2.75, 3.05) is 13.1 Å². The van der Waals surface area contributed by atoms with Crippen LogP contribution in [0.3, 0.4) is 0 Å². The summed E-state index contributed by atoms with van der Waals surface area (Å²) in [6.07, 6.45) is -0.397. The van der Waals surface area contributed by atoms with Gasteiger partial charge in [-0.15, -0.1) is 0 Å². The van der Waals surface area contributed by atoms with Gasteiger partial charge in [0.05, 0.1) is 6.10 Å². The van der Waals surface area contributed by atoms with Crippen LogP contribution in [0, 0.1) is 0 Å². The largest absolute Gasteiger partial charge is 0.386 e. The lowest BCUT2D eigenvalue weighted by molar-refractivity contribution is 0.0443. The molecule has 0 saturated carbocycles. The molecule has 2 rings (SSSR count). The maximum atomic E-state index is 10.2. The van der Waals surface area contributed by atoms with E-state index >= 15 is 0 Å². The average Bonchev–Trinajstić information content (AvgIpc) is 3.01. The third-order valence-corrected chi connectivity index (χ3v) is 3.05. The van der Waals surface area contributed by atoms with Gasteiger partial charge in [-0.2, -0.15) is 0 Å². The standard InChI is InChI=1S/C12H17NO/c1-12(2,13-8-9-13)11(14)10-6-4-3-5-7-10/h3-7,11,14H,8-9H2,1-2H3. The zero-order chi connectivity index (χ0) is 10.2. The Bertz CT molecular complexity index is 303. The van der Waals surface area contributed by atoms with E-state index in [1.54, 1.807) is 0 Å². The molecule has 2 heteroatoms. The second-order valence-electron chi connectivity index (χ2n) is 4.45. The van der Waals surface area contributed by atoms with Gasteiger partial charge in [-0.25, -0.2) is 0 Å². The molecule has 1 atom stereocenters. The lowest BCUT2D eigenvalue weighted by Crippen LogP contribution is -2.37. The molecule has 1 aliphatic rings. The molecule has 0 spiro atoms. The summed E-state index contributed by atoms with van der Waals surface area (Å²) >= 11 is 0. The summed E-state index contributed by atoms with van der Waals surface area (Å²) in [7, 11) is 0. The van der Waals surface area contributed by atoms with Crippen molar-refractivity contribution in [2.45, 2.75) is 25.5 Å². The van der Waals surface area contributed by atoms with E-state index in [0.29, 0.717) is 0 Å². The maximum Gasteiger partial charge on any atom is 0.0968 e. The fourth-order valence-corrected chi connectivity index (χ4v) is 1.84. The molecule has 1 heterocycles. The van der Waals surface area contributed by atoms with E-state index in [9.17, 15) is 5.11 Å². The highest BCUT2D eigenvalue weighted by molar-refractivity contribution is 5.21. The SMILES string of the molecule is CC(C)(C(O)c1ccccc1)N1CC1. The minimum Gasteiger partial charge on any atom is -0.386 e. The molecule has 1 fully saturated rings. The minimum absolute atomic E-state index is 0.138. The predicted molar refractivity (Wildman–Crippen MR) is 57.1 cm³/mol. The van der Waals surface area contributed by atoms with Crippen molar-refractivity contribution >= 4 is 0 Å². The van der Waals surface area contributed by atoms with Crippen LogP contribution in [-0.2, 0) is 0 Å². The second-order valence-corrected chi connectivity index (χ2v) is 4.45. The van der Waals surface area contributed by atoms with E-state index < -0.39 is 6.10 Å². The summed E-state index contributed by atoms with van der Waals surface area (Å²) < 4.78 is 0. The van der Waals surface area contributed by atoms with E-state index in [4.69, 9.17) is 0 Å². The van der Waals surface area contributed by atoms with Crippen molar-refractivity contribution < 1.29 is 5.11 Å². The number of rotatable bonds is 3. The van der Waals surface area contributed by atoms with Crippen LogP contribution in [0.4, 0.5) is 0 Å². The van der Waals surface area contributed by atoms with Crippen molar-refractivity contribution in [3.05, 3.63) is 35.9 Å². The van der Waals surface area contributed by atoms with Crippen LogP contribution in [0.5, 0.6) is 0 Å². The molecule has 1 unspecified atom stereocenters. The maximum absolute atomic E-state index is 10.2. The van der Waals surface area contributed by atoms with Crippen molar-refractivity contribution in [3.63, 3.8) is 0 Å². The number of hydrogen-bond donors (Lipinski definition) is 1. The fourth-order valence-electron chi connectivity index (χ4n) is 1.84. The lowest BCUT2D eigenvalue weighted by Gasteiger charge is -2.32. The third-order valence-electron chi connectivity index (χ3n) is 3.05. The Kier molecular flexibility index (Phi) is 2.33. The summed E-state index contributed by atoms with van der Waals surface area (Å²) in [6, 6.07) is 9.88. The summed E-state index contributed by atoms with van der Waals surface area (Å²) in [5, 5.41) is 10.2. The topological polar surface area (TPSA) is 23.2 Å². The van der Waals surface area contributed by atoms with Gasteiger partial charge in [-0.05, 0) is 19.4 Å². The molecule has 2 nitrogen and oxygen atoms in total. The monoisotopic (exact) mass is 191 g/mol. The summed E-state index contributed by atoms with van der Waals surface area (Å²) in [6.45, 7) is 6.41. The van der Waals surface area contributed by atoms with Crippen molar-refractivity contribution in [3.8, 4) is 0 Å². The van der Waals surface area contributed by atoms with Gasteiger partial charge in [0.1, 0.15) is 0 Å². The molecule has 0 radical (unpaired) electrons. The van der Waals surface area contributed by atoms with E-state index in [-0.39, 0.29) is 5.54 Å². The third kappa shape index (κ3) is 1.68. The molecule has 0 aliphatic carbocycles. The van der Waals surface area contributed by atoms with Crippen molar-refractivity contribution in [1.29, 1.82) is 0 Å². The Morgan fingerprint density at radius 1 is 1.21 bits per heavy atom. The van der Waals surface area contributed by atoms with Crippen molar-refractivity contribution in [1.82, 2.24) is 4.90 Å². The van der Waals surface area contributed by atoms with Gasteiger partial charge in [0, 0.05) is 18.6 Å².